The first-order valence-corrected chi connectivity index (χ1v) is 5.85. The molecule has 0 saturated carbocycles. The Balaban J connectivity index is 2.13. The van der Waals surface area contributed by atoms with Crippen LogP contribution in [0.2, 0.25) is 0 Å². The lowest BCUT2D eigenvalue weighted by Crippen LogP contribution is -2.15. The van der Waals surface area contributed by atoms with E-state index in [0.29, 0.717) is 22.9 Å². The smallest absolute Gasteiger partial charge is 0.159 e. The summed E-state index contributed by atoms with van der Waals surface area (Å²) >= 11 is 4.96. The lowest BCUT2D eigenvalue weighted by atomic mass is 10.2. The van der Waals surface area contributed by atoms with Crippen LogP contribution in [0.5, 0.6) is 0 Å². The van der Waals surface area contributed by atoms with Gasteiger partial charge in [-0.1, -0.05) is 18.3 Å². The third-order valence-electron chi connectivity index (χ3n) is 2.37. The minimum Gasteiger partial charge on any atom is -0.389 e. The molecular formula is C12H13N5S. The van der Waals surface area contributed by atoms with Crippen molar-refractivity contribution in [1.29, 1.82) is 0 Å². The second-order valence-electron chi connectivity index (χ2n) is 3.78. The zero-order valence-corrected chi connectivity index (χ0v) is 10.7. The number of thiocarbonyl (C=S) groups is 1. The average molecular weight is 259 g/mol. The van der Waals surface area contributed by atoms with Gasteiger partial charge in [0.15, 0.2) is 5.82 Å². The predicted octanol–water partition coefficient (Wildman–Crippen LogP) is 1.43. The summed E-state index contributed by atoms with van der Waals surface area (Å²) in [5.74, 6) is 0.577. The molecule has 92 valence electrons. The third-order valence-corrected chi connectivity index (χ3v) is 2.59. The van der Waals surface area contributed by atoms with Crippen molar-refractivity contribution in [2.24, 2.45) is 5.73 Å². The number of pyridine rings is 1. The van der Waals surface area contributed by atoms with E-state index in [1.807, 2.05) is 25.1 Å². The van der Waals surface area contributed by atoms with E-state index in [4.69, 9.17) is 18.0 Å². The van der Waals surface area contributed by atoms with Crippen molar-refractivity contribution < 1.29 is 0 Å². The summed E-state index contributed by atoms with van der Waals surface area (Å²) in [5, 5.41) is 10.9. The molecule has 0 fully saturated rings. The molecule has 0 atom stereocenters. The Bertz CT molecular complexity index is 570. The van der Waals surface area contributed by atoms with Crippen LogP contribution < -0.4 is 11.1 Å². The van der Waals surface area contributed by atoms with E-state index in [1.165, 1.54) is 0 Å². The lowest BCUT2D eigenvalue weighted by molar-refractivity contribution is 0.965. The summed E-state index contributed by atoms with van der Waals surface area (Å²) in [7, 11) is 0. The average Bonchev–Trinajstić information content (AvgIpc) is 2.37. The Hall–Kier alpha value is -2.08. The molecular weight excluding hydrogens is 246 g/mol. The van der Waals surface area contributed by atoms with Crippen molar-refractivity contribution in [1.82, 2.24) is 15.2 Å². The van der Waals surface area contributed by atoms with Crippen LogP contribution in [0.15, 0.2) is 30.5 Å². The summed E-state index contributed by atoms with van der Waals surface area (Å²) < 4.78 is 0. The van der Waals surface area contributed by atoms with Crippen LogP contribution in [0.3, 0.4) is 0 Å². The molecule has 0 amide bonds. The number of nitrogens with two attached hydrogens (primary N) is 1. The first-order chi connectivity index (χ1) is 8.66. The van der Waals surface area contributed by atoms with Crippen LogP contribution in [0.4, 0.5) is 5.82 Å². The molecule has 18 heavy (non-hydrogen) atoms. The van der Waals surface area contributed by atoms with Gasteiger partial charge in [0.2, 0.25) is 0 Å². The molecule has 0 aliphatic heterocycles. The SMILES string of the molecule is Cc1cccc(CNc2nnccc2C(N)=S)n1. The van der Waals surface area contributed by atoms with Gasteiger partial charge in [0.25, 0.3) is 0 Å². The second kappa shape index (κ2) is 5.50. The topological polar surface area (TPSA) is 76.7 Å². The van der Waals surface area contributed by atoms with Crippen LogP contribution in [0.1, 0.15) is 17.0 Å². The van der Waals surface area contributed by atoms with Crippen molar-refractivity contribution in [2.75, 3.05) is 5.32 Å². The van der Waals surface area contributed by atoms with Gasteiger partial charge >= 0.3 is 0 Å². The summed E-state index contributed by atoms with van der Waals surface area (Å²) in [6.45, 7) is 2.50. The van der Waals surface area contributed by atoms with Crippen LogP contribution in [-0.4, -0.2) is 20.2 Å². The number of aryl methyl sites for hydroxylation is 1. The zero-order chi connectivity index (χ0) is 13.0. The molecule has 2 aromatic rings. The number of rotatable bonds is 4. The van der Waals surface area contributed by atoms with Crippen molar-refractivity contribution in [2.45, 2.75) is 13.5 Å². The van der Waals surface area contributed by atoms with Gasteiger partial charge in [-0.2, -0.15) is 5.10 Å². The quantitative estimate of drug-likeness (QED) is 0.809. The first-order valence-electron chi connectivity index (χ1n) is 5.44. The van der Waals surface area contributed by atoms with E-state index < -0.39 is 0 Å². The monoisotopic (exact) mass is 259 g/mol. The Morgan fingerprint density at radius 3 is 2.94 bits per heavy atom. The van der Waals surface area contributed by atoms with Crippen molar-refractivity contribution in [3.8, 4) is 0 Å². The van der Waals surface area contributed by atoms with Gasteiger partial charge < -0.3 is 11.1 Å². The van der Waals surface area contributed by atoms with Gasteiger partial charge in [0.05, 0.1) is 24.0 Å². The molecule has 0 bridgehead atoms. The maximum Gasteiger partial charge on any atom is 0.159 e. The van der Waals surface area contributed by atoms with Gasteiger partial charge in [-0.05, 0) is 25.1 Å². The standard InChI is InChI=1S/C12H13N5S/c1-8-3-2-4-9(16-8)7-14-12-10(11(13)18)5-6-15-17-12/h2-6H,7H2,1H3,(H2,13,18)(H,14,17). The molecule has 6 heteroatoms. The highest BCUT2D eigenvalue weighted by Gasteiger charge is 2.06. The van der Waals surface area contributed by atoms with Gasteiger partial charge in [-0.3, -0.25) is 4.98 Å². The molecule has 3 N–H and O–H groups in total. The zero-order valence-electron chi connectivity index (χ0n) is 9.92. The van der Waals surface area contributed by atoms with E-state index in [0.717, 1.165) is 11.4 Å². The highest BCUT2D eigenvalue weighted by atomic mass is 32.1. The van der Waals surface area contributed by atoms with Gasteiger partial charge in [-0.25, -0.2) is 0 Å². The first kappa shape index (κ1) is 12.4. The highest BCUT2D eigenvalue weighted by molar-refractivity contribution is 7.80. The fraction of sp³-hybridized carbons (Fsp3) is 0.167. The van der Waals surface area contributed by atoms with E-state index in [1.54, 1.807) is 12.3 Å². The maximum atomic E-state index is 5.62. The molecule has 0 radical (unpaired) electrons. The number of aromatic nitrogens is 3. The largest absolute Gasteiger partial charge is 0.389 e. The fourth-order valence-electron chi connectivity index (χ4n) is 1.53. The normalized spacial score (nSPS) is 10.1. The molecule has 0 aliphatic rings. The Morgan fingerprint density at radius 2 is 2.22 bits per heavy atom. The van der Waals surface area contributed by atoms with E-state index in [9.17, 15) is 0 Å². The summed E-state index contributed by atoms with van der Waals surface area (Å²) in [5.41, 5.74) is 8.20. The molecule has 0 spiro atoms. The summed E-state index contributed by atoms with van der Waals surface area (Å²) in [4.78, 5) is 4.68. The molecule has 0 aliphatic carbocycles. The Morgan fingerprint density at radius 1 is 1.39 bits per heavy atom. The number of hydrogen-bond donors (Lipinski definition) is 2. The molecule has 2 aromatic heterocycles. The number of anilines is 1. The van der Waals surface area contributed by atoms with E-state index >= 15 is 0 Å². The van der Waals surface area contributed by atoms with Gasteiger partial charge in [0, 0.05) is 5.69 Å². The number of hydrogen-bond acceptors (Lipinski definition) is 5. The van der Waals surface area contributed by atoms with Crippen LogP contribution in [0.25, 0.3) is 0 Å². The molecule has 2 heterocycles. The molecule has 2 rings (SSSR count). The van der Waals surface area contributed by atoms with Crippen molar-refractivity contribution >= 4 is 23.0 Å². The van der Waals surface area contributed by atoms with E-state index in [2.05, 4.69) is 20.5 Å². The van der Waals surface area contributed by atoms with Crippen molar-refractivity contribution in [3.63, 3.8) is 0 Å². The highest BCUT2D eigenvalue weighted by Crippen LogP contribution is 2.11. The minimum absolute atomic E-state index is 0.296. The Kier molecular flexibility index (Phi) is 3.78. The van der Waals surface area contributed by atoms with Crippen LogP contribution in [-0.2, 0) is 6.54 Å². The van der Waals surface area contributed by atoms with E-state index in [-0.39, 0.29) is 0 Å². The molecule has 0 unspecified atom stereocenters. The number of nitrogens with zero attached hydrogens (tertiary/aromatic N) is 3. The van der Waals surface area contributed by atoms with Crippen LogP contribution >= 0.6 is 12.2 Å². The Labute approximate surface area is 110 Å². The van der Waals surface area contributed by atoms with Gasteiger partial charge in [-0.15, -0.1) is 5.10 Å². The molecule has 5 nitrogen and oxygen atoms in total. The third kappa shape index (κ3) is 2.98. The number of nitrogens with one attached hydrogen (secondary N) is 1. The predicted molar refractivity (Wildman–Crippen MR) is 74.2 cm³/mol. The van der Waals surface area contributed by atoms with Gasteiger partial charge in [0.1, 0.15) is 4.99 Å². The van der Waals surface area contributed by atoms with Crippen molar-refractivity contribution in [3.05, 3.63) is 47.4 Å². The second-order valence-corrected chi connectivity index (χ2v) is 4.22. The summed E-state index contributed by atoms with van der Waals surface area (Å²) in [6, 6.07) is 7.59. The van der Waals surface area contributed by atoms with Crippen LogP contribution in [0, 0.1) is 6.92 Å². The summed E-state index contributed by atoms with van der Waals surface area (Å²) in [6.07, 6.45) is 1.56. The molecule has 0 aromatic carbocycles. The molecule has 0 saturated heterocycles. The minimum atomic E-state index is 0.296. The fourth-order valence-corrected chi connectivity index (χ4v) is 1.70. The lowest BCUT2D eigenvalue weighted by Gasteiger charge is -2.08. The maximum absolute atomic E-state index is 5.62.